The van der Waals surface area contributed by atoms with Crippen LogP contribution >= 0.6 is 0 Å². The summed E-state index contributed by atoms with van der Waals surface area (Å²) in [5.41, 5.74) is 1.03. The number of rotatable bonds is 3. The summed E-state index contributed by atoms with van der Waals surface area (Å²) < 4.78 is 38.5. The van der Waals surface area contributed by atoms with E-state index in [-0.39, 0.29) is 4.90 Å². The van der Waals surface area contributed by atoms with E-state index in [4.69, 9.17) is 0 Å². The number of allylic oxidation sites excluding steroid dienone is 3. The average molecular weight is 303 g/mol. The molecule has 1 N–H and O–H groups in total. The van der Waals surface area contributed by atoms with Crippen molar-refractivity contribution in [3.63, 3.8) is 0 Å². The fourth-order valence-electron chi connectivity index (χ4n) is 2.72. The first-order valence-electron chi connectivity index (χ1n) is 6.49. The standard InChI is InChI=1S/C16H14FNO2S/c1-2-16(21(19,20)13-6-4-3-5-7-13)11-12(17)10-15-14(16)8-9-18-15/h2-8,10-11,18H,1,9H2. The van der Waals surface area contributed by atoms with Gasteiger partial charge in [0.2, 0.25) is 0 Å². The summed E-state index contributed by atoms with van der Waals surface area (Å²) in [5.74, 6) is -0.587. The second kappa shape index (κ2) is 4.70. The molecule has 1 aliphatic heterocycles. The third-order valence-corrected chi connectivity index (χ3v) is 6.03. The molecule has 0 amide bonds. The molecule has 1 heterocycles. The number of hydrogen-bond donors (Lipinski definition) is 1. The quantitative estimate of drug-likeness (QED) is 0.873. The molecule has 21 heavy (non-hydrogen) atoms. The molecular weight excluding hydrogens is 289 g/mol. The van der Waals surface area contributed by atoms with Gasteiger partial charge in [-0.05, 0) is 24.3 Å². The average Bonchev–Trinajstić information content (AvgIpc) is 2.95. The van der Waals surface area contributed by atoms with Gasteiger partial charge in [-0.25, -0.2) is 12.8 Å². The van der Waals surface area contributed by atoms with Gasteiger partial charge in [-0.2, -0.15) is 0 Å². The number of fused-ring (bicyclic) bond motifs is 1. The van der Waals surface area contributed by atoms with Gasteiger partial charge in [0.1, 0.15) is 10.6 Å². The number of sulfone groups is 1. The summed E-state index contributed by atoms with van der Waals surface area (Å²) in [4.78, 5) is 0.142. The summed E-state index contributed by atoms with van der Waals surface area (Å²) >= 11 is 0. The van der Waals surface area contributed by atoms with Crippen LogP contribution in [0.5, 0.6) is 0 Å². The molecule has 0 bridgehead atoms. The molecule has 5 heteroatoms. The highest BCUT2D eigenvalue weighted by atomic mass is 32.2. The monoisotopic (exact) mass is 303 g/mol. The first-order chi connectivity index (χ1) is 10.0. The highest BCUT2D eigenvalue weighted by Crippen LogP contribution is 2.43. The van der Waals surface area contributed by atoms with E-state index < -0.39 is 20.4 Å². The van der Waals surface area contributed by atoms with Crippen LogP contribution in [0.4, 0.5) is 4.39 Å². The number of benzene rings is 1. The molecule has 1 aromatic rings. The topological polar surface area (TPSA) is 46.2 Å². The fraction of sp³-hybridized carbons (Fsp3) is 0.125. The van der Waals surface area contributed by atoms with Gasteiger partial charge in [0, 0.05) is 17.8 Å². The summed E-state index contributed by atoms with van der Waals surface area (Å²) in [6.45, 7) is 4.13. The summed E-state index contributed by atoms with van der Waals surface area (Å²) in [7, 11) is -3.84. The van der Waals surface area contributed by atoms with Gasteiger partial charge in [-0.3, -0.25) is 0 Å². The molecule has 1 unspecified atom stereocenters. The minimum absolute atomic E-state index is 0.142. The van der Waals surface area contributed by atoms with E-state index in [0.29, 0.717) is 17.8 Å². The lowest BCUT2D eigenvalue weighted by atomic mass is 9.91. The third kappa shape index (κ3) is 1.88. The largest absolute Gasteiger partial charge is 0.381 e. The zero-order valence-corrected chi connectivity index (χ0v) is 12.0. The Labute approximate surface area is 123 Å². The van der Waals surface area contributed by atoms with Gasteiger partial charge in [0.25, 0.3) is 0 Å². The maximum atomic E-state index is 14.0. The van der Waals surface area contributed by atoms with Crippen LogP contribution in [-0.4, -0.2) is 19.7 Å². The molecule has 3 rings (SSSR count). The van der Waals surface area contributed by atoms with Gasteiger partial charge >= 0.3 is 0 Å². The minimum atomic E-state index is -3.84. The highest BCUT2D eigenvalue weighted by Gasteiger charge is 2.48. The zero-order valence-electron chi connectivity index (χ0n) is 11.2. The van der Waals surface area contributed by atoms with Gasteiger partial charge in [0.05, 0.1) is 4.90 Å². The molecule has 0 aromatic heterocycles. The molecule has 2 aliphatic rings. The van der Waals surface area contributed by atoms with Crippen LogP contribution in [-0.2, 0) is 9.84 Å². The Morgan fingerprint density at radius 2 is 2.00 bits per heavy atom. The van der Waals surface area contributed by atoms with Gasteiger partial charge in [-0.1, -0.05) is 30.4 Å². The van der Waals surface area contributed by atoms with Crippen molar-refractivity contribution >= 4 is 9.84 Å². The number of nitrogens with one attached hydrogen (secondary N) is 1. The molecule has 3 nitrogen and oxygen atoms in total. The van der Waals surface area contributed by atoms with E-state index in [9.17, 15) is 12.8 Å². The van der Waals surface area contributed by atoms with Gasteiger partial charge in [0.15, 0.2) is 9.84 Å². The van der Waals surface area contributed by atoms with Crippen LogP contribution in [0, 0.1) is 0 Å². The van der Waals surface area contributed by atoms with Crippen molar-refractivity contribution < 1.29 is 12.8 Å². The fourth-order valence-corrected chi connectivity index (χ4v) is 4.60. The van der Waals surface area contributed by atoms with Crippen LogP contribution in [0.25, 0.3) is 0 Å². The lowest BCUT2D eigenvalue weighted by Crippen LogP contribution is -2.39. The molecule has 108 valence electrons. The lowest BCUT2D eigenvalue weighted by Gasteiger charge is -2.31. The predicted octanol–water partition coefficient (Wildman–Crippen LogP) is 2.67. The van der Waals surface area contributed by atoms with Gasteiger partial charge in [-0.15, -0.1) is 6.58 Å². The third-order valence-electron chi connectivity index (χ3n) is 3.75. The summed E-state index contributed by atoms with van der Waals surface area (Å²) in [5, 5.41) is 2.98. The summed E-state index contributed by atoms with van der Waals surface area (Å²) in [6, 6.07) is 8.04. The van der Waals surface area contributed by atoms with Crippen molar-refractivity contribution in [2.24, 2.45) is 0 Å². The molecule has 0 spiro atoms. The van der Waals surface area contributed by atoms with E-state index in [2.05, 4.69) is 11.9 Å². The Kier molecular flexibility index (Phi) is 3.10. The molecule has 1 aromatic carbocycles. The second-order valence-electron chi connectivity index (χ2n) is 4.90. The molecule has 0 radical (unpaired) electrons. The zero-order chi connectivity index (χ0) is 15.1. The summed E-state index contributed by atoms with van der Waals surface area (Å²) in [6.07, 6.45) is 5.48. The normalized spacial score (nSPS) is 24.3. The smallest absolute Gasteiger partial charge is 0.195 e. The first-order valence-corrected chi connectivity index (χ1v) is 7.98. The van der Waals surface area contributed by atoms with E-state index in [1.54, 1.807) is 24.3 Å². The Morgan fingerprint density at radius 1 is 1.29 bits per heavy atom. The molecule has 1 aliphatic carbocycles. The predicted molar refractivity (Wildman–Crippen MR) is 79.9 cm³/mol. The van der Waals surface area contributed by atoms with Crippen molar-refractivity contribution in [1.29, 1.82) is 0 Å². The van der Waals surface area contributed by atoms with Crippen LogP contribution in [0.1, 0.15) is 0 Å². The van der Waals surface area contributed by atoms with Crippen molar-refractivity contribution in [3.8, 4) is 0 Å². The van der Waals surface area contributed by atoms with E-state index in [1.807, 2.05) is 0 Å². The van der Waals surface area contributed by atoms with Crippen LogP contribution in [0.15, 0.2) is 83.2 Å². The highest BCUT2D eigenvalue weighted by molar-refractivity contribution is 7.93. The molecule has 0 saturated carbocycles. The van der Waals surface area contributed by atoms with E-state index >= 15 is 0 Å². The maximum Gasteiger partial charge on any atom is 0.195 e. The maximum absolute atomic E-state index is 14.0. The number of halogens is 1. The van der Waals surface area contributed by atoms with Gasteiger partial charge < -0.3 is 5.32 Å². The van der Waals surface area contributed by atoms with E-state index in [1.165, 1.54) is 24.3 Å². The van der Waals surface area contributed by atoms with Crippen LogP contribution in [0.2, 0.25) is 0 Å². The number of hydrogen-bond acceptors (Lipinski definition) is 3. The molecular formula is C16H14FNO2S. The van der Waals surface area contributed by atoms with Crippen LogP contribution < -0.4 is 5.32 Å². The Bertz CT molecular complexity index is 791. The van der Waals surface area contributed by atoms with Crippen molar-refractivity contribution in [2.75, 3.05) is 6.54 Å². The Morgan fingerprint density at radius 3 is 2.67 bits per heavy atom. The van der Waals surface area contributed by atoms with Crippen molar-refractivity contribution in [3.05, 3.63) is 78.3 Å². The molecule has 0 saturated heterocycles. The molecule has 0 fully saturated rings. The van der Waals surface area contributed by atoms with Crippen LogP contribution in [0.3, 0.4) is 0 Å². The minimum Gasteiger partial charge on any atom is -0.381 e. The Balaban J connectivity index is 2.27. The first kappa shape index (κ1) is 13.8. The van der Waals surface area contributed by atoms with E-state index in [0.717, 1.165) is 6.08 Å². The van der Waals surface area contributed by atoms with Crippen molar-refractivity contribution in [1.82, 2.24) is 5.32 Å². The SMILES string of the molecule is C=CC1(S(=O)(=O)c2ccccc2)C=C(F)C=C2NCC=C21. The lowest BCUT2D eigenvalue weighted by molar-refractivity contribution is 0.577. The molecule has 1 atom stereocenters. The van der Waals surface area contributed by atoms with Crippen molar-refractivity contribution in [2.45, 2.75) is 9.64 Å². The Hall–Kier alpha value is -2.14. The second-order valence-corrected chi connectivity index (χ2v) is 7.05.